The third-order valence-electron chi connectivity index (χ3n) is 6.69. The Morgan fingerprint density at radius 2 is 1.72 bits per heavy atom. The van der Waals surface area contributed by atoms with Crippen LogP contribution in [0, 0.1) is 19.8 Å². The summed E-state index contributed by atoms with van der Waals surface area (Å²) in [5.74, 6) is 1.28. The fourth-order valence-electron chi connectivity index (χ4n) is 4.88. The van der Waals surface area contributed by atoms with E-state index in [0.717, 1.165) is 11.3 Å². The second-order valence-corrected chi connectivity index (χ2v) is 8.75. The Hall–Kier alpha value is -2.93. The zero-order chi connectivity index (χ0) is 23.0. The molecule has 1 unspecified atom stereocenters. The zero-order valence-corrected chi connectivity index (χ0v) is 19.1. The van der Waals surface area contributed by atoms with Gasteiger partial charge in [-0.15, -0.1) is 0 Å². The van der Waals surface area contributed by atoms with Gasteiger partial charge in [-0.1, -0.05) is 0 Å². The summed E-state index contributed by atoms with van der Waals surface area (Å²) in [5.41, 5.74) is 3.20. The van der Waals surface area contributed by atoms with Crippen molar-refractivity contribution in [3.8, 4) is 11.5 Å². The van der Waals surface area contributed by atoms with Crippen LogP contribution in [0.2, 0.25) is 0 Å². The number of carbonyl (C=O) groups is 3. The van der Waals surface area contributed by atoms with Gasteiger partial charge in [0.05, 0.1) is 11.7 Å². The maximum absolute atomic E-state index is 13.1. The third-order valence-corrected chi connectivity index (χ3v) is 6.69. The normalized spacial score (nSPS) is 17.8. The van der Waals surface area contributed by atoms with E-state index in [2.05, 4.69) is 9.88 Å². The summed E-state index contributed by atoms with van der Waals surface area (Å²) >= 11 is 0. The zero-order valence-electron chi connectivity index (χ0n) is 19.1. The molecule has 1 aromatic carbocycles. The van der Waals surface area contributed by atoms with Gasteiger partial charge in [-0.25, -0.2) is 0 Å². The Kier molecular flexibility index (Phi) is 6.20. The highest BCUT2D eigenvalue weighted by molar-refractivity contribution is 6.05. The molecular formula is C25H30N2O5. The first-order valence-corrected chi connectivity index (χ1v) is 11.2. The van der Waals surface area contributed by atoms with Gasteiger partial charge in [0.15, 0.2) is 28.8 Å². The highest BCUT2D eigenvalue weighted by Gasteiger charge is 2.32. The Morgan fingerprint density at radius 1 is 1.06 bits per heavy atom. The molecule has 0 saturated carbocycles. The van der Waals surface area contributed by atoms with E-state index in [-0.39, 0.29) is 29.3 Å². The van der Waals surface area contributed by atoms with E-state index in [9.17, 15) is 14.4 Å². The first-order valence-electron chi connectivity index (χ1n) is 11.2. The van der Waals surface area contributed by atoms with Crippen LogP contribution in [0.15, 0.2) is 18.2 Å². The number of aromatic amines is 1. The van der Waals surface area contributed by atoms with Crippen LogP contribution in [-0.4, -0.2) is 59.6 Å². The van der Waals surface area contributed by atoms with Gasteiger partial charge in [0, 0.05) is 22.7 Å². The molecule has 0 aliphatic carbocycles. The summed E-state index contributed by atoms with van der Waals surface area (Å²) in [6.07, 6.45) is 1.40. The Morgan fingerprint density at radius 3 is 2.34 bits per heavy atom. The van der Waals surface area contributed by atoms with Gasteiger partial charge in [-0.3, -0.25) is 19.3 Å². The maximum Gasteiger partial charge on any atom is 0.196 e. The number of benzene rings is 1. The highest BCUT2D eigenvalue weighted by atomic mass is 16.6. The van der Waals surface area contributed by atoms with E-state index in [0.29, 0.717) is 67.5 Å². The second kappa shape index (κ2) is 8.90. The number of nitrogens with zero attached hydrogens (tertiary/aromatic N) is 1. The molecule has 0 bridgehead atoms. The number of carbonyl (C=O) groups excluding carboxylic acids is 3. The van der Waals surface area contributed by atoms with Crippen LogP contribution >= 0.6 is 0 Å². The maximum atomic E-state index is 13.1. The first-order chi connectivity index (χ1) is 15.3. The van der Waals surface area contributed by atoms with Crippen LogP contribution in [0.3, 0.4) is 0 Å². The van der Waals surface area contributed by atoms with Gasteiger partial charge in [0.25, 0.3) is 0 Å². The molecule has 7 heteroatoms. The number of hydrogen-bond acceptors (Lipinski definition) is 6. The van der Waals surface area contributed by atoms with Gasteiger partial charge >= 0.3 is 0 Å². The standard InChI is InChI=1S/C25H30N2O5/c1-14-22(17(4)28)15(2)26-23(14)24(29)16(3)27-9-7-18(8-10-27)25(30)19-5-6-20-21(13-19)32-12-11-31-20/h5-6,13,16,18,26H,7-12H2,1-4H3. The van der Waals surface area contributed by atoms with Crippen molar-refractivity contribution in [1.29, 1.82) is 0 Å². The van der Waals surface area contributed by atoms with Crippen LogP contribution in [0.25, 0.3) is 0 Å². The van der Waals surface area contributed by atoms with Gasteiger partial charge < -0.3 is 14.5 Å². The van der Waals surface area contributed by atoms with Crippen LogP contribution in [0.4, 0.5) is 0 Å². The summed E-state index contributed by atoms with van der Waals surface area (Å²) in [7, 11) is 0. The van der Waals surface area contributed by atoms with Crippen molar-refractivity contribution in [3.63, 3.8) is 0 Å². The second-order valence-electron chi connectivity index (χ2n) is 8.75. The largest absolute Gasteiger partial charge is 0.486 e. The topological polar surface area (TPSA) is 88.7 Å². The molecule has 7 nitrogen and oxygen atoms in total. The lowest BCUT2D eigenvalue weighted by molar-refractivity contribution is 0.0709. The number of H-pyrrole nitrogens is 1. The predicted octanol–water partition coefficient (Wildman–Crippen LogP) is 3.77. The number of aryl methyl sites for hydroxylation is 1. The van der Waals surface area contributed by atoms with Crippen molar-refractivity contribution in [2.75, 3.05) is 26.3 Å². The minimum Gasteiger partial charge on any atom is -0.486 e. The lowest BCUT2D eigenvalue weighted by Gasteiger charge is -2.34. The van der Waals surface area contributed by atoms with Gasteiger partial charge in [-0.05, 0) is 77.4 Å². The number of Topliss-reactive ketones (excluding diaryl/α,β-unsaturated/α-hetero) is 3. The molecule has 170 valence electrons. The summed E-state index contributed by atoms with van der Waals surface area (Å²) < 4.78 is 11.1. The Bertz CT molecular complexity index is 1060. The SMILES string of the molecule is CC(=O)c1c(C)[nH]c(C(=O)C(C)N2CCC(C(=O)c3ccc4c(c3)OCCO4)CC2)c1C. The summed E-state index contributed by atoms with van der Waals surface area (Å²) in [6.45, 7) is 9.41. The fourth-order valence-corrected chi connectivity index (χ4v) is 4.88. The summed E-state index contributed by atoms with van der Waals surface area (Å²) in [6, 6.07) is 5.06. The van der Waals surface area contributed by atoms with Crippen LogP contribution in [-0.2, 0) is 0 Å². The van der Waals surface area contributed by atoms with E-state index in [1.54, 1.807) is 18.2 Å². The minimum absolute atomic E-state index is 0.0188. The molecule has 2 aromatic rings. The quantitative estimate of drug-likeness (QED) is 0.691. The molecule has 1 fully saturated rings. The van der Waals surface area contributed by atoms with E-state index in [1.165, 1.54) is 6.92 Å². The lowest BCUT2D eigenvalue weighted by atomic mass is 9.88. The minimum atomic E-state index is -0.322. The van der Waals surface area contributed by atoms with Crippen molar-refractivity contribution in [3.05, 3.63) is 46.3 Å². The Labute approximate surface area is 188 Å². The van der Waals surface area contributed by atoms with Crippen LogP contribution in [0.5, 0.6) is 11.5 Å². The van der Waals surface area contributed by atoms with Crippen molar-refractivity contribution in [2.45, 2.75) is 46.6 Å². The molecule has 1 N–H and O–H groups in total. The number of rotatable bonds is 6. The lowest BCUT2D eigenvalue weighted by Crippen LogP contribution is -2.45. The Balaban J connectivity index is 1.40. The number of likely N-dealkylation sites (tertiary alicyclic amines) is 1. The monoisotopic (exact) mass is 438 g/mol. The number of aromatic nitrogens is 1. The molecule has 0 radical (unpaired) electrons. The average molecular weight is 439 g/mol. The smallest absolute Gasteiger partial charge is 0.196 e. The van der Waals surface area contributed by atoms with E-state index in [4.69, 9.17) is 9.47 Å². The molecular weight excluding hydrogens is 408 g/mol. The molecule has 2 aliphatic heterocycles. The summed E-state index contributed by atoms with van der Waals surface area (Å²) in [5, 5.41) is 0. The number of nitrogens with one attached hydrogen (secondary N) is 1. The number of ether oxygens (including phenoxy) is 2. The van der Waals surface area contributed by atoms with E-state index >= 15 is 0 Å². The number of fused-ring (bicyclic) bond motifs is 1. The van der Waals surface area contributed by atoms with Crippen molar-refractivity contribution in [1.82, 2.24) is 9.88 Å². The first kappa shape index (κ1) is 22.3. The molecule has 1 saturated heterocycles. The number of hydrogen-bond donors (Lipinski definition) is 1. The molecule has 4 rings (SSSR count). The third kappa shape index (κ3) is 4.09. The van der Waals surface area contributed by atoms with Gasteiger partial charge in [0.2, 0.25) is 0 Å². The molecule has 1 aromatic heterocycles. The molecule has 3 heterocycles. The molecule has 1 atom stereocenters. The summed E-state index contributed by atoms with van der Waals surface area (Å²) in [4.78, 5) is 43.3. The van der Waals surface area contributed by atoms with Crippen LogP contribution in [0.1, 0.15) is 69.2 Å². The number of piperidine rings is 1. The molecule has 0 spiro atoms. The van der Waals surface area contributed by atoms with Gasteiger partial charge in [0.1, 0.15) is 13.2 Å². The highest BCUT2D eigenvalue weighted by Crippen LogP contribution is 2.33. The fraction of sp³-hybridized carbons (Fsp3) is 0.480. The predicted molar refractivity (Wildman–Crippen MR) is 120 cm³/mol. The molecule has 32 heavy (non-hydrogen) atoms. The molecule has 2 aliphatic rings. The van der Waals surface area contributed by atoms with E-state index in [1.807, 2.05) is 20.8 Å². The average Bonchev–Trinajstić information content (AvgIpc) is 3.11. The van der Waals surface area contributed by atoms with Crippen molar-refractivity contribution in [2.24, 2.45) is 5.92 Å². The van der Waals surface area contributed by atoms with E-state index < -0.39 is 0 Å². The molecule has 0 amide bonds. The van der Waals surface area contributed by atoms with Gasteiger partial charge in [-0.2, -0.15) is 0 Å². The van der Waals surface area contributed by atoms with Crippen LogP contribution < -0.4 is 9.47 Å². The van der Waals surface area contributed by atoms with Crippen molar-refractivity contribution < 1.29 is 23.9 Å². The van der Waals surface area contributed by atoms with Crippen molar-refractivity contribution >= 4 is 17.3 Å². The number of ketones is 3.